The molecule has 1 heterocycles. The van der Waals surface area contributed by atoms with Gasteiger partial charge >= 0.3 is 5.97 Å². The van der Waals surface area contributed by atoms with Gasteiger partial charge in [-0.15, -0.1) is 0 Å². The predicted molar refractivity (Wildman–Crippen MR) is 131 cm³/mol. The van der Waals surface area contributed by atoms with E-state index in [4.69, 9.17) is 14.2 Å². The Morgan fingerprint density at radius 2 is 1.91 bits per heavy atom. The maximum absolute atomic E-state index is 12.8. The molecule has 0 fully saturated rings. The molecule has 1 amide bonds. The summed E-state index contributed by atoms with van der Waals surface area (Å²) in [6.45, 7) is 3.00. The highest BCUT2D eigenvalue weighted by atomic mass is 16.5. The molecule has 176 valence electrons. The van der Waals surface area contributed by atoms with Gasteiger partial charge in [-0.3, -0.25) is 9.59 Å². The SMILES string of the molecule is COC(=O)Cc1cccc(NC(=O)c2ccc(OC[C@@H]3CN(C)c4ccccc4O3)cc2C)c1. The molecule has 4 rings (SSSR count). The highest BCUT2D eigenvalue weighted by molar-refractivity contribution is 6.05. The summed E-state index contributed by atoms with van der Waals surface area (Å²) < 4.78 is 16.7. The first-order valence-corrected chi connectivity index (χ1v) is 11.1. The molecule has 0 saturated carbocycles. The number of para-hydroxylation sites is 2. The van der Waals surface area contributed by atoms with Crippen molar-refractivity contribution in [1.29, 1.82) is 0 Å². The number of benzene rings is 3. The van der Waals surface area contributed by atoms with E-state index in [0.717, 1.165) is 29.1 Å². The van der Waals surface area contributed by atoms with Gasteiger partial charge < -0.3 is 24.4 Å². The lowest BCUT2D eigenvalue weighted by atomic mass is 10.1. The Morgan fingerprint density at radius 3 is 2.71 bits per heavy atom. The fourth-order valence-corrected chi connectivity index (χ4v) is 3.95. The molecular formula is C27H28N2O5. The van der Waals surface area contributed by atoms with Gasteiger partial charge in [0.15, 0.2) is 0 Å². The molecule has 7 heteroatoms. The fourth-order valence-electron chi connectivity index (χ4n) is 3.95. The van der Waals surface area contributed by atoms with Gasteiger partial charge in [0, 0.05) is 18.3 Å². The Bertz CT molecular complexity index is 1190. The lowest BCUT2D eigenvalue weighted by Gasteiger charge is -2.33. The van der Waals surface area contributed by atoms with Crippen LogP contribution < -0.4 is 19.7 Å². The summed E-state index contributed by atoms with van der Waals surface area (Å²) in [6, 6.07) is 20.5. The van der Waals surface area contributed by atoms with Crippen LogP contribution in [0.2, 0.25) is 0 Å². The quantitative estimate of drug-likeness (QED) is 0.532. The first-order valence-electron chi connectivity index (χ1n) is 11.1. The molecule has 0 spiro atoms. The molecule has 1 atom stereocenters. The average Bonchev–Trinajstić information content (AvgIpc) is 2.83. The summed E-state index contributed by atoms with van der Waals surface area (Å²) in [6.07, 6.45) is 0.0533. The number of nitrogens with one attached hydrogen (secondary N) is 1. The van der Waals surface area contributed by atoms with Crippen LogP contribution >= 0.6 is 0 Å². The van der Waals surface area contributed by atoms with Crippen molar-refractivity contribution >= 4 is 23.3 Å². The minimum atomic E-state index is -0.329. The van der Waals surface area contributed by atoms with E-state index in [2.05, 4.69) is 10.2 Å². The molecule has 0 saturated heterocycles. The molecule has 0 unspecified atom stereocenters. The lowest BCUT2D eigenvalue weighted by molar-refractivity contribution is -0.139. The molecule has 1 N–H and O–H groups in total. The standard InChI is InChI=1S/C27H28N2O5/c1-18-13-21(33-17-22-16-29(2)24-9-4-5-10-25(24)34-22)11-12-23(18)27(31)28-20-8-6-7-19(14-20)15-26(30)32-3/h4-14,22H,15-17H2,1-3H3,(H,28,31)/t22-/m0/s1. The van der Waals surface area contributed by atoms with E-state index in [1.807, 2.05) is 50.4 Å². The first-order chi connectivity index (χ1) is 16.4. The Balaban J connectivity index is 1.36. The number of methoxy groups -OCH3 is 1. The molecule has 34 heavy (non-hydrogen) atoms. The summed E-state index contributed by atoms with van der Waals surface area (Å²) in [5, 5.41) is 2.89. The van der Waals surface area contributed by atoms with Crippen molar-refractivity contribution in [2.75, 3.05) is 37.5 Å². The minimum Gasteiger partial charge on any atom is -0.490 e. The zero-order chi connectivity index (χ0) is 24.1. The van der Waals surface area contributed by atoms with Gasteiger partial charge in [-0.1, -0.05) is 24.3 Å². The Kier molecular flexibility index (Phi) is 7.01. The number of anilines is 2. The Hall–Kier alpha value is -4.00. The van der Waals surface area contributed by atoms with Crippen molar-refractivity contribution in [1.82, 2.24) is 0 Å². The first kappa shape index (κ1) is 23.2. The van der Waals surface area contributed by atoms with E-state index >= 15 is 0 Å². The van der Waals surface area contributed by atoms with Gasteiger partial charge in [-0.05, 0) is 60.5 Å². The maximum Gasteiger partial charge on any atom is 0.309 e. The monoisotopic (exact) mass is 460 g/mol. The number of amides is 1. The van der Waals surface area contributed by atoms with Gasteiger partial charge in [-0.25, -0.2) is 0 Å². The van der Waals surface area contributed by atoms with E-state index in [-0.39, 0.29) is 24.4 Å². The third-order valence-electron chi connectivity index (χ3n) is 5.69. The second-order valence-electron chi connectivity index (χ2n) is 8.28. The van der Waals surface area contributed by atoms with E-state index in [1.165, 1.54) is 7.11 Å². The van der Waals surface area contributed by atoms with Crippen LogP contribution in [0.25, 0.3) is 0 Å². The van der Waals surface area contributed by atoms with Crippen molar-refractivity contribution in [2.45, 2.75) is 19.4 Å². The third-order valence-corrected chi connectivity index (χ3v) is 5.69. The molecule has 7 nitrogen and oxygen atoms in total. The van der Waals surface area contributed by atoms with E-state index in [0.29, 0.717) is 23.6 Å². The second kappa shape index (κ2) is 10.3. The van der Waals surface area contributed by atoms with Gasteiger partial charge in [0.2, 0.25) is 0 Å². The number of rotatable bonds is 7. The number of likely N-dealkylation sites (N-methyl/N-ethyl adjacent to an activating group) is 1. The number of aryl methyl sites for hydroxylation is 1. The average molecular weight is 461 g/mol. The molecule has 0 aromatic heterocycles. The molecule has 3 aromatic carbocycles. The van der Waals surface area contributed by atoms with E-state index < -0.39 is 0 Å². The van der Waals surface area contributed by atoms with Crippen LogP contribution in [-0.2, 0) is 16.0 Å². The number of carbonyl (C=O) groups excluding carboxylic acids is 2. The smallest absolute Gasteiger partial charge is 0.309 e. The largest absolute Gasteiger partial charge is 0.490 e. The van der Waals surface area contributed by atoms with Gasteiger partial charge in [-0.2, -0.15) is 0 Å². The number of esters is 1. The predicted octanol–water partition coefficient (Wildman–Crippen LogP) is 4.24. The zero-order valence-corrected chi connectivity index (χ0v) is 19.5. The molecular weight excluding hydrogens is 432 g/mol. The van der Waals surface area contributed by atoms with E-state index in [9.17, 15) is 9.59 Å². The van der Waals surface area contributed by atoms with Crippen molar-refractivity contribution < 1.29 is 23.8 Å². The number of ether oxygens (including phenoxy) is 3. The topological polar surface area (TPSA) is 77.1 Å². The van der Waals surface area contributed by atoms with Crippen LogP contribution in [0.4, 0.5) is 11.4 Å². The molecule has 0 bridgehead atoms. The summed E-state index contributed by atoms with van der Waals surface area (Å²) in [5.74, 6) is 0.973. The van der Waals surface area contributed by atoms with Crippen LogP contribution in [0.15, 0.2) is 66.7 Å². The summed E-state index contributed by atoms with van der Waals surface area (Å²) >= 11 is 0. The van der Waals surface area contributed by atoms with Crippen LogP contribution in [0, 0.1) is 6.92 Å². The summed E-state index contributed by atoms with van der Waals surface area (Å²) in [7, 11) is 3.39. The minimum absolute atomic E-state index is 0.0968. The number of hydrogen-bond donors (Lipinski definition) is 1. The van der Waals surface area contributed by atoms with E-state index in [1.54, 1.807) is 30.3 Å². The maximum atomic E-state index is 12.8. The zero-order valence-electron chi connectivity index (χ0n) is 19.5. The summed E-state index contributed by atoms with van der Waals surface area (Å²) in [4.78, 5) is 26.5. The number of hydrogen-bond acceptors (Lipinski definition) is 6. The molecule has 0 aliphatic carbocycles. The molecule has 3 aromatic rings. The Labute approximate surface area is 199 Å². The Morgan fingerprint density at radius 1 is 1.09 bits per heavy atom. The highest BCUT2D eigenvalue weighted by Crippen LogP contribution is 2.32. The van der Waals surface area contributed by atoms with Crippen molar-refractivity contribution in [3.8, 4) is 11.5 Å². The number of nitrogens with zero attached hydrogens (tertiary/aromatic N) is 1. The molecule has 1 aliphatic heterocycles. The van der Waals surface area contributed by atoms with Gasteiger partial charge in [0.1, 0.15) is 24.2 Å². The fraction of sp³-hybridized carbons (Fsp3) is 0.259. The van der Waals surface area contributed by atoms with Crippen molar-refractivity contribution in [3.63, 3.8) is 0 Å². The lowest BCUT2D eigenvalue weighted by Crippen LogP contribution is -2.41. The van der Waals surface area contributed by atoms with Gasteiger partial charge in [0.25, 0.3) is 5.91 Å². The number of carbonyl (C=O) groups is 2. The second-order valence-corrected chi connectivity index (χ2v) is 8.28. The van der Waals surface area contributed by atoms with Crippen LogP contribution in [-0.4, -0.2) is 45.3 Å². The number of fused-ring (bicyclic) bond motifs is 1. The van der Waals surface area contributed by atoms with Crippen molar-refractivity contribution in [3.05, 3.63) is 83.4 Å². The van der Waals surface area contributed by atoms with Crippen LogP contribution in [0.5, 0.6) is 11.5 Å². The third kappa shape index (κ3) is 5.49. The van der Waals surface area contributed by atoms with Gasteiger partial charge in [0.05, 0.1) is 25.8 Å². The van der Waals surface area contributed by atoms with Crippen LogP contribution in [0.1, 0.15) is 21.5 Å². The molecule has 1 aliphatic rings. The van der Waals surface area contributed by atoms with Crippen molar-refractivity contribution in [2.24, 2.45) is 0 Å². The highest BCUT2D eigenvalue weighted by Gasteiger charge is 2.23. The normalized spacial score (nSPS) is 14.6. The summed E-state index contributed by atoms with van der Waals surface area (Å²) in [5.41, 5.74) is 3.80. The van der Waals surface area contributed by atoms with Crippen LogP contribution in [0.3, 0.4) is 0 Å². The molecule has 0 radical (unpaired) electrons.